The van der Waals surface area contributed by atoms with E-state index in [9.17, 15) is 18.0 Å². The van der Waals surface area contributed by atoms with Crippen LogP contribution in [0.3, 0.4) is 0 Å². The second kappa shape index (κ2) is 5.98. The monoisotopic (exact) mass is 323 g/mol. The van der Waals surface area contributed by atoms with Gasteiger partial charge in [0.25, 0.3) is 0 Å². The van der Waals surface area contributed by atoms with Crippen LogP contribution < -0.4 is 5.32 Å². The summed E-state index contributed by atoms with van der Waals surface area (Å²) in [5.74, 6) is 0.153. The molecule has 7 heteroatoms. The lowest BCUT2D eigenvalue weighted by atomic mass is 9.96. The van der Waals surface area contributed by atoms with E-state index in [1.807, 2.05) is 0 Å². The van der Waals surface area contributed by atoms with E-state index in [-0.39, 0.29) is 5.91 Å². The van der Waals surface area contributed by atoms with Gasteiger partial charge in [-0.15, -0.1) is 0 Å². The number of rotatable bonds is 2. The molecule has 0 aromatic carbocycles. The lowest BCUT2D eigenvalue weighted by molar-refractivity contribution is -0.141. The topological polar surface area (TPSA) is 54.9 Å². The predicted molar refractivity (Wildman–Crippen MR) is 80.6 cm³/mol. The predicted octanol–water partition coefficient (Wildman–Crippen LogP) is 4.15. The van der Waals surface area contributed by atoms with E-state index in [0.717, 1.165) is 12.3 Å². The Hall–Kier alpha value is -2.44. The molecule has 0 atom stereocenters. The zero-order valence-electron chi connectivity index (χ0n) is 12.9. The first-order chi connectivity index (χ1) is 10.6. The molecule has 0 spiro atoms. The van der Waals surface area contributed by atoms with E-state index in [0.29, 0.717) is 16.9 Å². The molecule has 2 heterocycles. The number of hydrogen-bond donors (Lipinski definition) is 1. The van der Waals surface area contributed by atoms with Gasteiger partial charge in [-0.2, -0.15) is 13.2 Å². The third kappa shape index (κ3) is 4.28. The number of amides is 1. The molecule has 0 unspecified atom stereocenters. The fourth-order valence-corrected chi connectivity index (χ4v) is 1.71. The fraction of sp³-hybridized carbons (Fsp3) is 0.312. The van der Waals surface area contributed by atoms with Crippen molar-refractivity contribution in [1.82, 2.24) is 9.97 Å². The zero-order valence-corrected chi connectivity index (χ0v) is 12.9. The highest BCUT2D eigenvalue weighted by Crippen LogP contribution is 2.30. The summed E-state index contributed by atoms with van der Waals surface area (Å²) in [6.45, 7) is 5.31. The van der Waals surface area contributed by atoms with Crippen LogP contribution in [0.4, 0.5) is 19.0 Å². The van der Waals surface area contributed by atoms with Gasteiger partial charge >= 0.3 is 6.18 Å². The van der Waals surface area contributed by atoms with Crippen LogP contribution in [0.2, 0.25) is 0 Å². The number of hydrogen-bond acceptors (Lipinski definition) is 3. The molecule has 0 aliphatic carbocycles. The van der Waals surface area contributed by atoms with Crippen molar-refractivity contribution in [3.05, 3.63) is 42.4 Å². The van der Waals surface area contributed by atoms with E-state index >= 15 is 0 Å². The Morgan fingerprint density at radius 1 is 1.04 bits per heavy atom. The Kier molecular flexibility index (Phi) is 4.40. The van der Waals surface area contributed by atoms with E-state index in [1.165, 1.54) is 12.3 Å². The zero-order chi connectivity index (χ0) is 17.3. The summed E-state index contributed by atoms with van der Waals surface area (Å²) in [4.78, 5) is 19.2. The standard InChI is InChI=1S/C16H16F3N3O/c1-15(2,3)14(23)22-13-5-4-11(9-21-13)10-6-7-20-12(8-10)16(17,18)19/h4-9H,1-3H3,(H,21,22,23). The van der Waals surface area contributed by atoms with Gasteiger partial charge in [-0.1, -0.05) is 20.8 Å². The van der Waals surface area contributed by atoms with Gasteiger partial charge in [0.2, 0.25) is 5.91 Å². The molecule has 1 N–H and O–H groups in total. The number of alkyl halides is 3. The van der Waals surface area contributed by atoms with Crippen LogP contribution in [0.1, 0.15) is 26.5 Å². The summed E-state index contributed by atoms with van der Waals surface area (Å²) >= 11 is 0. The second-order valence-electron chi connectivity index (χ2n) is 6.06. The number of nitrogens with one attached hydrogen (secondary N) is 1. The van der Waals surface area contributed by atoms with Gasteiger partial charge in [0.05, 0.1) is 0 Å². The van der Waals surface area contributed by atoms with Crippen molar-refractivity contribution >= 4 is 11.7 Å². The Bertz CT molecular complexity index is 704. The first-order valence-electron chi connectivity index (χ1n) is 6.88. The van der Waals surface area contributed by atoms with E-state index in [1.54, 1.807) is 32.9 Å². The summed E-state index contributed by atoms with van der Waals surface area (Å²) < 4.78 is 38.0. The summed E-state index contributed by atoms with van der Waals surface area (Å²) in [5, 5.41) is 2.65. The minimum absolute atomic E-state index is 0.194. The molecule has 0 saturated carbocycles. The average Bonchev–Trinajstić information content (AvgIpc) is 2.46. The third-order valence-electron chi connectivity index (χ3n) is 3.07. The van der Waals surface area contributed by atoms with Gasteiger partial charge in [0.1, 0.15) is 11.5 Å². The first kappa shape index (κ1) is 16.9. The van der Waals surface area contributed by atoms with Gasteiger partial charge in [-0.05, 0) is 29.8 Å². The lowest BCUT2D eigenvalue weighted by Crippen LogP contribution is -2.27. The third-order valence-corrected chi connectivity index (χ3v) is 3.07. The minimum atomic E-state index is -4.50. The summed E-state index contributed by atoms with van der Waals surface area (Å²) in [5.41, 5.74) is -0.659. The largest absolute Gasteiger partial charge is 0.433 e. The molecule has 0 fully saturated rings. The molecule has 2 aromatic heterocycles. The average molecular weight is 323 g/mol. The van der Waals surface area contributed by atoms with Crippen molar-refractivity contribution in [3.63, 3.8) is 0 Å². The maximum atomic E-state index is 12.7. The highest BCUT2D eigenvalue weighted by Gasteiger charge is 2.32. The maximum absolute atomic E-state index is 12.7. The van der Waals surface area contributed by atoms with Crippen molar-refractivity contribution in [3.8, 4) is 11.1 Å². The van der Waals surface area contributed by atoms with Crippen LogP contribution in [0.15, 0.2) is 36.7 Å². The number of carbonyl (C=O) groups is 1. The number of nitrogens with zero attached hydrogens (tertiary/aromatic N) is 2. The highest BCUT2D eigenvalue weighted by atomic mass is 19.4. The molecule has 1 amide bonds. The summed E-state index contributed by atoms with van der Waals surface area (Å²) in [6.07, 6.45) is -1.98. The molecule has 2 aromatic rings. The maximum Gasteiger partial charge on any atom is 0.433 e. The summed E-state index contributed by atoms with van der Waals surface area (Å²) in [6, 6.07) is 5.58. The minimum Gasteiger partial charge on any atom is -0.310 e. The number of aromatic nitrogens is 2. The molecular weight excluding hydrogens is 307 g/mol. The first-order valence-corrected chi connectivity index (χ1v) is 6.88. The lowest BCUT2D eigenvalue weighted by Gasteiger charge is -2.17. The second-order valence-corrected chi connectivity index (χ2v) is 6.06. The molecular formula is C16H16F3N3O. The van der Waals surface area contributed by atoms with E-state index < -0.39 is 17.3 Å². The van der Waals surface area contributed by atoms with Crippen molar-refractivity contribution in [2.75, 3.05) is 5.32 Å². The van der Waals surface area contributed by atoms with Crippen molar-refractivity contribution in [2.45, 2.75) is 26.9 Å². The highest BCUT2D eigenvalue weighted by molar-refractivity contribution is 5.93. The van der Waals surface area contributed by atoms with Gasteiger partial charge in [-0.3, -0.25) is 9.78 Å². The molecule has 122 valence electrons. The molecule has 0 aliphatic heterocycles. The fourth-order valence-electron chi connectivity index (χ4n) is 1.71. The smallest absolute Gasteiger partial charge is 0.310 e. The number of carbonyl (C=O) groups excluding carboxylic acids is 1. The van der Waals surface area contributed by atoms with E-state index in [4.69, 9.17) is 0 Å². The van der Waals surface area contributed by atoms with Crippen molar-refractivity contribution in [2.24, 2.45) is 5.41 Å². The van der Waals surface area contributed by atoms with E-state index in [2.05, 4.69) is 15.3 Å². The van der Waals surface area contributed by atoms with Crippen molar-refractivity contribution < 1.29 is 18.0 Å². The Morgan fingerprint density at radius 2 is 1.74 bits per heavy atom. The molecule has 0 aliphatic rings. The molecule has 0 radical (unpaired) electrons. The van der Waals surface area contributed by atoms with Gasteiger partial charge in [0.15, 0.2) is 0 Å². The SMILES string of the molecule is CC(C)(C)C(=O)Nc1ccc(-c2ccnc(C(F)(F)F)c2)cn1. The van der Waals surface area contributed by atoms with Crippen LogP contribution in [0.25, 0.3) is 11.1 Å². The molecule has 2 rings (SSSR count). The van der Waals surface area contributed by atoms with Crippen LogP contribution in [0.5, 0.6) is 0 Å². The number of anilines is 1. The van der Waals surface area contributed by atoms with Gasteiger partial charge < -0.3 is 5.32 Å². The summed E-state index contributed by atoms with van der Waals surface area (Å²) in [7, 11) is 0. The van der Waals surface area contributed by atoms with Crippen LogP contribution >= 0.6 is 0 Å². The van der Waals surface area contributed by atoms with Crippen LogP contribution in [-0.4, -0.2) is 15.9 Å². The molecule has 23 heavy (non-hydrogen) atoms. The normalized spacial score (nSPS) is 12.1. The molecule has 0 bridgehead atoms. The quantitative estimate of drug-likeness (QED) is 0.903. The van der Waals surface area contributed by atoms with Gasteiger partial charge in [0, 0.05) is 23.4 Å². The Balaban J connectivity index is 2.22. The van der Waals surface area contributed by atoms with Crippen LogP contribution in [0, 0.1) is 5.41 Å². The molecule has 4 nitrogen and oxygen atoms in total. The van der Waals surface area contributed by atoms with Crippen molar-refractivity contribution in [1.29, 1.82) is 0 Å². The number of pyridine rings is 2. The Labute approximate surface area is 131 Å². The number of halogens is 3. The Morgan fingerprint density at radius 3 is 2.26 bits per heavy atom. The molecule has 0 saturated heterocycles. The van der Waals surface area contributed by atoms with Gasteiger partial charge in [-0.25, -0.2) is 4.98 Å². The van der Waals surface area contributed by atoms with Crippen LogP contribution in [-0.2, 0) is 11.0 Å².